The Labute approximate surface area is 170 Å². The van der Waals surface area contributed by atoms with Crippen LogP contribution in [-0.4, -0.2) is 59.6 Å². The molecule has 7 heteroatoms. The van der Waals surface area contributed by atoms with Crippen molar-refractivity contribution in [2.24, 2.45) is 0 Å². The van der Waals surface area contributed by atoms with Gasteiger partial charge in [0.05, 0.1) is 4.91 Å². The molecule has 2 fully saturated rings. The number of carbonyl (C=O) groups is 3. The summed E-state index contributed by atoms with van der Waals surface area (Å²) < 4.78 is 0. The summed E-state index contributed by atoms with van der Waals surface area (Å²) in [6.45, 7) is 8.91. The van der Waals surface area contributed by atoms with Crippen molar-refractivity contribution in [3.05, 3.63) is 34.2 Å². The summed E-state index contributed by atoms with van der Waals surface area (Å²) in [5, 5.41) is -0.387. The molecule has 0 aliphatic carbocycles. The van der Waals surface area contributed by atoms with Crippen molar-refractivity contribution in [2.75, 3.05) is 37.6 Å². The minimum Gasteiger partial charge on any atom is -0.371 e. The van der Waals surface area contributed by atoms with Crippen LogP contribution in [0.1, 0.15) is 37.8 Å². The van der Waals surface area contributed by atoms with Gasteiger partial charge in [-0.2, -0.15) is 0 Å². The highest BCUT2D eigenvalue weighted by Crippen LogP contribution is 2.33. The molecule has 0 aromatic heterocycles. The number of amides is 3. The van der Waals surface area contributed by atoms with Gasteiger partial charge in [-0.1, -0.05) is 6.07 Å². The molecule has 3 amide bonds. The summed E-state index contributed by atoms with van der Waals surface area (Å²) in [6.07, 6.45) is 4.19. The molecular formula is C21H27N3O3S. The van der Waals surface area contributed by atoms with Crippen LogP contribution in [0.15, 0.2) is 23.1 Å². The van der Waals surface area contributed by atoms with Crippen LogP contribution in [0.5, 0.6) is 0 Å². The first-order valence-corrected chi connectivity index (χ1v) is 10.6. The predicted molar refractivity (Wildman–Crippen MR) is 113 cm³/mol. The van der Waals surface area contributed by atoms with E-state index in [2.05, 4.69) is 17.9 Å². The molecule has 2 aliphatic heterocycles. The quantitative estimate of drug-likeness (QED) is 0.683. The standard InChI is InChI=1S/C21H27N3O3S/c1-4-22(5-2)19(25)14-24-20(26)18(28-21(24)27)13-16-8-9-17(15(3)12-16)23-10-6-7-11-23/h8-9,12-13H,4-7,10-11,14H2,1-3H3/b18-13-. The van der Waals surface area contributed by atoms with E-state index >= 15 is 0 Å². The maximum absolute atomic E-state index is 12.7. The van der Waals surface area contributed by atoms with Crippen LogP contribution in [0, 0.1) is 6.92 Å². The molecule has 150 valence electrons. The van der Waals surface area contributed by atoms with Crippen molar-refractivity contribution in [3.8, 4) is 0 Å². The zero-order valence-corrected chi connectivity index (χ0v) is 17.6. The first-order chi connectivity index (χ1) is 13.4. The summed E-state index contributed by atoms with van der Waals surface area (Å²) in [7, 11) is 0. The van der Waals surface area contributed by atoms with Gasteiger partial charge in [0.25, 0.3) is 11.1 Å². The molecular weight excluding hydrogens is 374 g/mol. The van der Waals surface area contributed by atoms with Crippen molar-refractivity contribution in [1.82, 2.24) is 9.80 Å². The number of carbonyl (C=O) groups excluding carboxylic acids is 3. The SMILES string of the molecule is CCN(CC)C(=O)CN1C(=O)S/C(=C\c2ccc(N3CCCC3)c(C)c2)C1=O. The third kappa shape index (κ3) is 4.24. The molecule has 2 saturated heterocycles. The lowest BCUT2D eigenvalue weighted by Gasteiger charge is -2.21. The minimum atomic E-state index is -0.392. The average molecular weight is 402 g/mol. The maximum atomic E-state index is 12.7. The fourth-order valence-electron chi connectivity index (χ4n) is 3.68. The van der Waals surface area contributed by atoms with Crippen LogP contribution < -0.4 is 4.90 Å². The van der Waals surface area contributed by atoms with E-state index in [0.29, 0.717) is 18.0 Å². The summed E-state index contributed by atoms with van der Waals surface area (Å²) in [6, 6.07) is 6.11. The van der Waals surface area contributed by atoms with Gasteiger partial charge >= 0.3 is 0 Å². The number of hydrogen-bond donors (Lipinski definition) is 0. The van der Waals surface area contributed by atoms with Crippen LogP contribution in [-0.2, 0) is 9.59 Å². The van der Waals surface area contributed by atoms with Crippen LogP contribution in [0.2, 0.25) is 0 Å². The lowest BCUT2D eigenvalue weighted by molar-refractivity contribution is -0.135. The van der Waals surface area contributed by atoms with Crippen molar-refractivity contribution in [2.45, 2.75) is 33.6 Å². The summed E-state index contributed by atoms with van der Waals surface area (Å²) in [4.78, 5) is 42.6. The molecule has 0 saturated carbocycles. The van der Waals surface area contributed by atoms with Crippen LogP contribution in [0.4, 0.5) is 10.5 Å². The van der Waals surface area contributed by atoms with Crippen molar-refractivity contribution in [3.63, 3.8) is 0 Å². The number of imide groups is 1. The van der Waals surface area contributed by atoms with E-state index in [9.17, 15) is 14.4 Å². The van der Waals surface area contributed by atoms with Gasteiger partial charge < -0.3 is 9.80 Å². The van der Waals surface area contributed by atoms with E-state index in [0.717, 1.165) is 40.9 Å². The Bertz CT molecular complexity index is 811. The molecule has 0 spiro atoms. The summed E-state index contributed by atoms with van der Waals surface area (Å²) >= 11 is 0.898. The smallest absolute Gasteiger partial charge is 0.294 e. The zero-order valence-electron chi connectivity index (χ0n) is 16.7. The highest BCUT2D eigenvalue weighted by molar-refractivity contribution is 8.18. The normalized spacial score (nSPS) is 18.5. The molecule has 0 unspecified atom stereocenters. The number of aryl methyl sites for hydroxylation is 1. The van der Waals surface area contributed by atoms with Gasteiger partial charge in [-0.3, -0.25) is 19.3 Å². The third-order valence-corrected chi connectivity index (χ3v) is 6.16. The highest BCUT2D eigenvalue weighted by atomic mass is 32.2. The van der Waals surface area contributed by atoms with E-state index in [-0.39, 0.29) is 17.7 Å². The molecule has 0 radical (unpaired) electrons. The molecule has 2 heterocycles. The number of hydrogen-bond acceptors (Lipinski definition) is 5. The molecule has 28 heavy (non-hydrogen) atoms. The zero-order chi connectivity index (χ0) is 20.3. The van der Waals surface area contributed by atoms with Gasteiger partial charge in [0.15, 0.2) is 0 Å². The van der Waals surface area contributed by atoms with Gasteiger partial charge in [0, 0.05) is 31.9 Å². The fourth-order valence-corrected chi connectivity index (χ4v) is 4.52. The maximum Gasteiger partial charge on any atom is 0.294 e. The molecule has 1 aromatic carbocycles. The Morgan fingerprint density at radius 2 is 1.86 bits per heavy atom. The van der Waals surface area contributed by atoms with Crippen LogP contribution >= 0.6 is 11.8 Å². The van der Waals surface area contributed by atoms with E-state index in [1.165, 1.54) is 18.5 Å². The van der Waals surface area contributed by atoms with Crippen molar-refractivity contribution >= 4 is 40.6 Å². The number of nitrogens with zero attached hydrogens (tertiary/aromatic N) is 3. The first-order valence-electron chi connectivity index (χ1n) is 9.83. The Hall–Kier alpha value is -2.28. The molecule has 0 N–H and O–H groups in total. The number of anilines is 1. The second kappa shape index (κ2) is 8.82. The van der Waals surface area contributed by atoms with Crippen LogP contribution in [0.25, 0.3) is 6.08 Å². The Balaban J connectivity index is 1.74. The van der Waals surface area contributed by atoms with Gasteiger partial charge in [0.2, 0.25) is 5.91 Å². The average Bonchev–Trinajstić information content (AvgIpc) is 3.28. The Morgan fingerprint density at radius 3 is 2.46 bits per heavy atom. The Kier molecular flexibility index (Phi) is 6.44. The van der Waals surface area contributed by atoms with E-state index < -0.39 is 5.91 Å². The number of rotatable bonds is 6. The predicted octanol–water partition coefficient (Wildman–Crippen LogP) is 3.50. The molecule has 6 nitrogen and oxygen atoms in total. The van der Waals surface area contributed by atoms with Gasteiger partial charge in [-0.25, -0.2) is 0 Å². The van der Waals surface area contributed by atoms with E-state index in [1.54, 1.807) is 11.0 Å². The highest BCUT2D eigenvalue weighted by Gasteiger charge is 2.36. The largest absolute Gasteiger partial charge is 0.371 e. The van der Waals surface area contributed by atoms with Crippen LogP contribution in [0.3, 0.4) is 0 Å². The molecule has 1 aromatic rings. The third-order valence-electron chi connectivity index (χ3n) is 5.25. The first kappa shape index (κ1) is 20.5. The van der Waals surface area contributed by atoms with Gasteiger partial charge in [-0.05, 0) is 74.7 Å². The topological polar surface area (TPSA) is 60.9 Å². The second-order valence-corrected chi connectivity index (χ2v) is 8.07. The lowest BCUT2D eigenvalue weighted by atomic mass is 10.1. The molecule has 0 bridgehead atoms. The van der Waals surface area contributed by atoms with E-state index in [1.807, 2.05) is 26.0 Å². The van der Waals surface area contributed by atoms with E-state index in [4.69, 9.17) is 0 Å². The number of benzene rings is 1. The Morgan fingerprint density at radius 1 is 1.18 bits per heavy atom. The minimum absolute atomic E-state index is 0.198. The number of thioether (sulfide) groups is 1. The second-order valence-electron chi connectivity index (χ2n) is 7.07. The monoisotopic (exact) mass is 401 g/mol. The van der Waals surface area contributed by atoms with Crippen molar-refractivity contribution < 1.29 is 14.4 Å². The van der Waals surface area contributed by atoms with Crippen molar-refractivity contribution in [1.29, 1.82) is 0 Å². The summed E-state index contributed by atoms with van der Waals surface area (Å²) in [5.41, 5.74) is 3.28. The molecule has 3 rings (SSSR count). The summed E-state index contributed by atoms with van der Waals surface area (Å²) in [5.74, 6) is -0.601. The lowest BCUT2D eigenvalue weighted by Crippen LogP contribution is -2.41. The fraction of sp³-hybridized carbons (Fsp3) is 0.476. The molecule has 2 aliphatic rings. The van der Waals surface area contributed by atoms with Gasteiger partial charge in [-0.15, -0.1) is 0 Å². The number of likely N-dealkylation sites (N-methyl/N-ethyl adjacent to an activating group) is 1. The van der Waals surface area contributed by atoms with Gasteiger partial charge in [0.1, 0.15) is 6.54 Å². The molecule has 0 atom stereocenters.